The first-order chi connectivity index (χ1) is 9.13. The van der Waals surface area contributed by atoms with E-state index in [-0.39, 0.29) is 0 Å². The van der Waals surface area contributed by atoms with Crippen LogP contribution in [0.4, 0.5) is 0 Å². The molecule has 3 nitrogen and oxygen atoms in total. The number of rotatable bonds is 6. The first kappa shape index (κ1) is 15.4. The van der Waals surface area contributed by atoms with Crippen LogP contribution in [0.2, 0.25) is 0 Å². The molecule has 0 spiro atoms. The van der Waals surface area contributed by atoms with E-state index in [9.17, 15) is 0 Å². The standard InChI is InChI=1S/C14H22BrNO2S/c1-10-5-13(6-11(2)18-10)17-4-3-16-8-14-7-12(15)9-19-14/h7,9-11,13,16H,3-6,8H2,1-2H3. The lowest BCUT2D eigenvalue weighted by Crippen LogP contribution is -2.35. The normalized spacial score (nSPS) is 27.6. The molecule has 2 rings (SSSR count). The molecule has 0 saturated carbocycles. The lowest BCUT2D eigenvalue weighted by molar-refractivity contribution is -0.101. The van der Waals surface area contributed by atoms with Gasteiger partial charge in [0.25, 0.3) is 0 Å². The summed E-state index contributed by atoms with van der Waals surface area (Å²) in [6.45, 7) is 6.84. The van der Waals surface area contributed by atoms with Crippen molar-refractivity contribution in [3.8, 4) is 0 Å². The van der Waals surface area contributed by atoms with Crippen LogP contribution in [-0.2, 0) is 16.0 Å². The van der Waals surface area contributed by atoms with Gasteiger partial charge in [-0.2, -0.15) is 0 Å². The second kappa shape index (κ2) is 7.74. The zero-order valence-corrected chi connectivity index (χ0v) is 13.9. The fraction of sp³-hybridized carbons (Fsp3) is 0.714. The Balaban J connectivity index is 1.56. The van der Waals surface area contributed by atoms with Gasteiger partial charge in [0.1, 0.15) is 0 Å². The number of halogens is 1. The van der Waals surface area contributed by atoms with Gasteiger partial charge in [0.2, 0.25) is 0 Å². The monoisotopic (exact) mass is 347 g/mol. The van der Waals surface area contributed by atoms with Crippen molar-refractivity contribution in [3.05, 3.63) is 20.8 Å². The zero-order chi connectivity index (χ0) is 13.7. The van der Waals surface area contributed by atoms with Crippen LogP contribution in [0.3, 0.4) is 0 Å². The lowest BCUT2D eigenvalue weighted by Gasteiger charge is -2.32. The number of ether oxygens (including phenoxy) is 2. The molecule has 0 bridgehead atoms. The van der Waals surface area contributed by atoms with E-state index >= 15 is 0 Å². The molecule has 1 aliphatic rings. The molecule has 0 radical (unpaired) electrons. The van der Waals surface area contributed by atoms with Crippen LogP contribution in [0.15, 0.2) is 15.9 Å². The van der Waals surface area contributed by atoms with Crippen molar-refractivity contribution in [2.45, 2.75) is 51.5 Å². The second-order valence-electron chi connectivity index (χ2n) is 5.13. The molecule has 1 N–H and O–H groups in total. The third-order valence-electron chi connectivity index (χ3n) is 3.21. The van der Waals surface area contributed by atoms with Crippen molar-refractivity contribution < 1.29 is 9.47 Å². The molecule has 2 atom stereocenters. The summed E-state index contributed by atoms with van der Waals surface area (Å²) in [5.74, 6) is 0. The summed E-state index contributed by atoms with van der Waals surface area (Å²) in [6.07, 6.45) is 3.04. The summed E-state index contributed by atoms with van der Waals surface area (Å²) in [6, 6.07) is 2.15. The van der Waals surface area contributed by atoms with Gasteiger partial charge >= 0.3 is 0 Å². The van der Waals surface area contributed by atoms with Gasteiger partial charge in [-0.15, -0.1) is 11.3 Å². The Bertz CT molecular complexity index is 375. The van der Waals surface area contributed by atoms with E-state index in [0.29, 0.717) is 18.3 Å². The smallest absolute Gasteiger partial charge is 0.0625 e. The third kappa shape index (κ3) is 5.52. The summed E-state index contributed by atoms with van der Waals surface area (Å²) < 4.78 is 12.8. The molecule has 19 heavy (non-hydrogen) atoms. The van der Waals surface area contributed by atoms with E-state index in [1.165, 1.54) is 4.88 Å². The molecule has 1 aromatic heterocycles. The van der Waals surface area contributed by atoms with E-state index in [4.69, 9.17) is 9.47 Å². The van der Waals surface area contributed by atoms with E-state index < -0.39 is 0 Å². The van der Waals surface area contributed by atoms with Crippen LogP contribution in [0.1, 0.15) is 31.6 Å². The molecule has 1 aliphatic heterocycles. The van der Waals surface area contributed by atoms with Gasteiger partial charge in [-0.3, -0.25) is 0 Å². The van der Waals surface area contributed by atoms with Crippen molar-refractivity contribution in [2.24, 2.45) is 0 Å². The highest BCUT2D eigenvalue weighted by Crippen LogP contribution is 2.21. The highest BCUT2D eigenvalue weighted by atomic mass is 79.9. The molecule has 0 aliphatic carbocycles. The van der Waals surface area contributed by atoms with Crippen LogP contribution < -0.4 is 5.32 Å². The molecule has 108 valence electrons. The molecular weight excluding hydrogens is 326 g/mol. The van der Waals surface area contributed by atoms with Gasteiger partial charge in [-0.05, 0) is 48.7 Å². The van der Waals surface area contributed by atoms with Gasteiger partial charge in [-0.25, -0.2) is 0 Å². The van der Waals surface area contributed by atoms with E-state index in [1.54, 1.807) is 11.3 Å². The van der Waals surface area contributed by atoms with Gasteiger partial charge in [0, 0.05) is 27.8 Å². The molecular formula is C14H22BrNO2S. The summed E-state index contributed by atoms with van der Waals surface area (Å²) in [4.78, 5) is 1.35. The topological polar surface area (TPSA) is 30.5 Å². The highest BCUT2D eigenvalue weighted by Gasteiger charge is 2.24. The molecule has 2 heterocycles. The minimum Gasteiger partial charge on any atom is -0.377 e. The molecule has 5 heteroatoms. The first-order valence-electron chi connectivity index (χ1n) is 6.84. The predicted octanol–water partition coefficient (Wildman–Crippen LogP) is 3.57. The average molecular weight is 348 g/mol. The Labute approximate surface area is 127 Å². The molecule has 0 amide bonds. The van der Waals surface area contributed by atoms with E-state index in [2.05, 4.69) is 46.5 Å². The van der Waals surface area contributed by atoms with Crippen LogP contribution in [0.25, 0.3) is 0 Å². The number of nitrogens with one attached hydrogen (secondary N) is 1. The Kier molecular flexibility index (Phi) is 6.29. The number of thiophene rings is 1. The molecule has 1 fully saturated rings. The summed E-state index contributed by atoms with van der Waals surface area (Å²) in [7, 11) is 0. The zero-order valence-electron chi connectivity index (χ0n) is 11.5. The Morgan fingerprint density at radius 3 is 2.79 bits per heavy atom. The lowest BCUT2D eigenvalue weighted by atomic mass is 10.0. The summed E-state index contributed by atoms with van der Waals surface area (Å²) in [5, 5.41) is 5.52. The molecule has 1 saturated heterocycles. The maximum Gasteiger partial charge on any atom is 0.0625 e. The van der Waals surface area contributed by atoms with Gasteiger partial charge in [0.05, 0.1) is 24.9 Å². The van der Waals surface area contributed by atoms with E-state index in [0.717, 1.165) is 37.0 Å². The van der Waals surface area contributed by atoms with Gasteiger partial charge < -0.3 is 14.8 Å². The molecule has 2 unspecified atom stereocenters. The summed E-state index contributed by atoms with van der Waals surface area (Å²) in [5.41, 5.74) is 0. The van der Waals surface area contributed by atoms with Gasteiger partial charge in [0.15, 0.2) is 0 Å². The van der Waals surface area contributed by atoms with Crippen molar-refractivity contribution in [2.75, 3.05) is 13.2 Å². The highest BCUT2D eigenvalue weighted by molar-refractivity contribution is 9.10. The van der Waals surface area contributed by atoms with Crippen molar-refractivity contribution in [3.63, 3.8) is 0 Å². The summed E-state index contributed by atoms with van der Waals surface area (Å²) >= 11 is 5.23. The maximum atomic E-state index is 5.92. The quantitative estimate of drug-likeness (QED) is 0.798. The average Bonchev–Trinajstić information content (AvgIpc) is 2.73. The molecule has 0 aromatic carbocycles. The van der Waals surface area contributed by atoms with Crippen molar-refractivity contribution in [1.29, 1.82) is 0 Å². The second-order valence-corrected chi connectivity index (χ2v) is 7.04. The number of hydrogen-bond acceptors (Lipinski definition) is 4. The largest absolute Gasteiger partial charge is 0.377 e. The SMILES string of the molecule is CC1CC(OCCNCc2cc(Br)cs2)CC(C)O1. The fourth-order valence-corrected chi connectivity index (χ4v) is 3.86. The fourth-order valence-electron chi connectivity index (χ4n) is 2.44. The Hall–Kier alpha value is 0.0600. The van der Waals surface area contributed by atoms with Crippen LogP contribution in [0, 0.1) is 0 Å². The van der Waals surface area contributed by atoms with Crippen LogP contribution in [-0.4, -0.2) is 31.5 Å². The first-order valence-corrected chi connectivity index (χ1v) is 8.51. The van der Waals surface area contributed by atoms with Crippen LogP contribution >= 0.6 is 27.3 Å². The van der Waals surface area contributed by atoms with Crippen LogP contribution in [0.5, 0.6) is 0 Å². The third-order valence-corrected chi connectivity index (χ3v) is 4.91. The predicted molar refractivity (Wildman–Crippen MR) is 82.7 cm³/mol. The maximum absolute atomic E-state index is 5.92. The molecule has 1 aromatic rings. The number of hydrogen-bond donors (Lipinski definition) is 1. The minimum atomic E-state index is 0.324. The Morgan fingerprint density at radius 2 is 2.16 bits per heavy atom. The Morgan fingerprint density at radius 1 is 1.42 bits per heavy atom. The minimum absolute atomic E-state index is 0.324. The van der Waals surface area contributed by atoms with Gasteiger partial charge in [-0.1, -0.05) is 0 Å². The van der Waals surface area contributed by atoms with Crippen molar-refractivity contribution in [1.82, 2.24) is 5.32 Å². The van der Waals surface area contributed by atoms with Crippen molar-refractivity contribution >= 4 is 27.3 Å². The van der Waals surface area contributed by atoms with E-state index in [1.807, 2.05) is 0 Å².